The Kier molecular flexibility index (Phi) is 2.55. The Bertz CT molecular complexity index is 414. The Balaban J connectivity index is 2.69. The van der Waals surface area contributed by atoms with Crippen LogP contribution in [0.15, 0.2) is 17.1 Å². The molecule has 76 valence electrons. The molecule has 0 aliphatic carbocycles. The smallest absolute Gasteiger partial charge is 0.253 e. The minimum absolute atomic E-state index is 0.0190. The fourth-order valence-electron chi connectivity index (χ4n) is 1.75. The van der Waals surface area contributed by atoms with Gasteiger partial charge in [0.25, 0.3) is 5.56 Å². The molecule has 14 heavy (non-hydrogen) atoms. The standard InChI is InChI=1S/C9H10Br2N2O/c1-6-2-4-9(10,11)8-12-5-3-7(14)13(6)8/h3,5-6H,2,4H2,1H3/t6-/m1/s1. The zero-order chi connectivity index (χ0) is 10.3. The van der Waals surface area contributed by atoms with E-state index in [1.807, 2.05) is 6.92 Å². The number of hydrogen-bond acceptors (Lipinski definition) is 2. The molecule has 0 radical (unpaired) electrons. The van der Waals surface area contributed by atoms with Crippen LogP contribution < -0.4 is 5.56 Å². The molecule has 1 atom stereocenters. The molecule has 5 heteroatoms. The lowest BCUT2D eigenvalue weighted by atomic mass is 10.1. The topological polar surface area (TPSA) is 34.9 Å². The van der Waals surface area contributed by atoms with E-state index in [-0.39, 0.29) is 14.8 Å². The second kappa shape index (κ2) is 3.45. The first-order valence-corrected chi connectivity index (χ1v) is 6.07. The van der Waals surface area contributed by atoms with Crippen LogP contribution in [0.25, 0.3) is 0 Å². The van der Waals surface area contributed by atoms with E-state index in [1.54, 1.807) is 10.8 Å². The van der Waals surface area contributed by atoms with Crippen LogP contribution in [0.4, 0.5) is 0 Å². The lowest BCUT2D eigenvalue weighted by Gasteiger charge is -2.32. The number of hydrogen-bond donors (Lipinski definition) is 0. The number of fused-ring (bicyclic) bond motifs is 1. The first-order chi connectivity index (χ1) is 6.52. The molecule has 0 fully saturated rings. The summed E-state index contributed by atoms with van der Waals surface area (Å²) in [5.74, 6) is 0.767. The van der Waals surface area contributed by atoms with E-state index < -0.39 is 0 Å². The van der Waals surface area contributed by atoms with Gasteiger partial charge >= 0.3 is 0 Å². The Labute approximate surface area is 98.8 Å². The lowest BCUT2D eigenvalue weighted by Crippen LogP contribution is -2.35. The molecule has 0 bridgehead atoms. The van der Waals surface area contributed by atoms with E-state index in [2.05, 4.69) is 36.8 Å². The van der Waals surface area contributed by atoms with E-state index in [9.17, 15) is 4.79 Å². The highest BCUT2D eigenvalue weighted by Gasteiger charge is 2.36. The normalized spacial score (nSPS) is 24.4. The van der Waals surface area contributed by atoms with Gasteiger partial charge in [-0.15, -0.1) is 0 Å². The van der Waals surface area contributed by atoms with Crippen molar-refractivity contribution in [2.24, 2.45) is 0 Å². The molecular weight excluding hydrogens is 312 g/mol. The van der Waals surface area contributed by atoms with Gasteiger partial charge in [0.15, 0.2) is 0 Å². The Morgan fingerprint density at radius 1 is 1.64 bits per heavy atom. The number of halogens is 2. The molecule has 3 nitrogen and oxygen atoms in total. The highest BCUT2D eigenvalue weighted by Crippen LogP contribution is 2.45. The van der Waals surface area contributed by atoms with Gasteiger partial charge in [-0.2, -0.15) is 0 Å². The highest BCUT2D eigenvalue weighted by atomic mass is 79.9. The van der Waals surface area contributed by atoms with Gasteiger partial charge < -0.3 is 0 Å². The minimum Gasteiger partial charge on any atom is -0.292 e. The van der Waals surface area contributed by atoms with Gasteiger partial charge in [-0.3, -0.25) is 9.36 Å². The second-order valence-corrected chi connectivity index (χ2v) is 7.34. The summed E-state index contributed by atoms with van der Waals surface area (Å²) in [5, 5.41) is 0. The molecule has 0 aromatic carbocycles. The van der Waals surface area contributed by atoms with E-state index in [4.69, 9.17) is 0 Å². The van der Waals surface area contributed by atoms with E-state index in [0.717, 1.165) is 18.7 Å². The highest BCUT2D eigenvalue weighted by molar-refractivity contribution is 9.24. The zero-order valence-corrected chi connectivity index (χ0v) is 10.9. The molecule has 0 unspecified atom stereocenters. The average Bonchev–Trinajstić information content (AvgIpc) is 2.12. The molecule has 1 aliphatic heterocycles. The van der Waals surface area contributed by atoms with Gasteiger partial charge in [-0.25, -0.2) is 4.98 Å². The van der Waals surface area contributed by atoms with Crippen molar-refractivity contribution in [1.82, 2.24) is 9.55 Å². The number of aromatic nitrogens is 2. The van der Waals surface area contributed by atoms with E-state index >= 15 is 0 Å². The van der Waals surface area contributed by atoms with Gasteiger partial charge in [0.1, 0.15) is 9.06 Å². The molecular formula is C9H10Br2N2O. The van der Waals surface area contributed by atoms with Gasteiger partial charge in [-0.1, -0.05) is 31.9 Å². The van der Waals surface area contributed by atoms with Crippen molar-refractivity contribution in [1.29, 1.82) is 0 Å². The van der Waals surface area contributed by atoms with Crippen LogP contribution in [-0.4, -0.2) is 9.55 Å². The van der Waals surface area contributed by atoms with Crippen molar-refractivity contribution in [3.8, 4) is 0 Å². The third kappa shape index (κ3) is 1.56. The molecule has 0 saturated heterocycles. The first kappa shape index (κ1) is 10.4. The molecule has 1 aromatic heterocycles. The van der Waals surface area contributed by atoms with Crippen molar-refractivity contribution in [3.63, 3.8) is 0 Å². The van der Waals surface area contributed by atoms with Gasteiger partial charge in [-0.05, 0) is 19.8 Å². The third-order valence-electron chi connectivity index (χ3n) is 2.52. The summed E-state index contributed by atoms with van der Waals surface area (Å²) < 4.78 is 1.40. The van der Waals surface area contributed by atoms with Crippen LogP contribution >= 0.6 is 31.9 Å². The maximum absolute atomic E-state index is 11.6. The third-order valence-corrected chi connectivity index (χ3v) is 4.03. The van der Waals surface area contributed by atoms with Crippen molar-refractivity contribution in [2.45, 2.75) is 29.0 Å². The minimum atomic E-state index is -0.340. The molecule has 0 spiro atoms. The summed E-state index contributed by atoms with van der Waals surface area (Å²) in [4.78, 5) is 15.9. The van der Waals surface area contributed by atoms with Crippen molar-refractivity contribution in [2.75, 3.05) is 0 Å². The predicted molar refractivity (Wildman–Crippen MR) is 62.0 cm³/mol. The maximum Gasteiger partial charge on any atom is 0.253 e. The molecule has 2 rings (SSSR count). The van der Waals surface area contributed by atoms with Crippen LogP contribution in [0, 0.1) is 0 Å². The van der Waals surface area contributed by atoms with Crippen LogP contribution in [-0.2, 0) is 3.23 Å². The van der Waals surface area contributed by atoms with Crippen LogP contribution in [0.3, 0.4) is 0 Å². The predicted octanol–water partition coefficient (Wildman–Crippen LogP) is 2.54. The number of nitrogens with zero attached hydrogens (tertiary/aromatic N) is 2. The quantitative estimate of drug-likeness (QED) is 0.688. The van der Waals surface area contributed by atoms with E-state index in [1.165, 1.54) is 6.07 Å². The van der Waals surface area contributed by atoms with Crippen molar-refractivity contribution in [3.05, 3.63) is 28.4 Å². The summed E-state index contributed by atoms with van der Waals surface area (Å²) in [6.45, 7) is 2.04. The van der Waals surface area contributed by atoms with E-state index in [0.29, 0.717) is 0 Å². The average molecular weight is 322 g/mol. The van der Waals surface area contributed by atoms with Crippen LogP contribution in [0.5, 0.6) is 0 Å². The van der Waals surface area contributed by atoms with Crippen LogP contribution in [0.1, 0.15) is 31.6 Å². The summed E-state index contributed by atoms with van der Waals surface area (Å²) in [6, 6.07) is 1.73. The number of alkyl halides is 2. The summed E-state index contributed by atoms with van der Waals surface area (Å²) in [7, 11) is 0. The molecule has 0 saturated carbocycles. The van der Waals surface area contributed by atoms with Crippen molar-refractivity contribution < 1.29 is 0 Å². The SMILES string of the molecule is C[C@@H]1CCC(Br)(Br)c2nccc(=O)n21. The zero-order valence-electron chi connectivity index (χ0n) is 7.70. The Morgan fingerprint density at radius 3 is 3.00 bits per heavy atom. The number of rotatable bonds is 0. The van der Waals surface area contributed by atoms with Crippen molar-refractivity contribution >= 4 is 31.9 Å². The summed E-state index contributed by atoms with van der Waals surface area (Å²) in [5.41, 5.74) is 0.0190. The molecule has 0 amide bonds. The van der Waals surface area contributed by atoms with Gasteiger partial charge in [0.2, 0.25) is 0 Å². The monoisotopic (exact) mass is 320 g/mol. The van der Waals surface area contributed by atoms with Gasteiger partial charge in [0.05, 0.1) is 0 Å². The fourth-order valence-corrected chi connectivity index (χ4v) is 2.79. The van der Waals surface area contributed by atoms with Crippen LogP contribution in [0.2, 0.25) is 0 Å². The first-order valence-electron chi connectivity index (χ1n) is 4.48. The largest absolute Gasteiger partial charge is 0.292 e. The molecule has 1 aliphatic rings. The Morgan fingerprint density at radius 2 is 2.36 bits per heavy atom. The Hall–Kier alpha value is -0.160. The molecule has 1 aromatic rings. The summed E-state index contributed by atoms with van der Waals surface area (Å²) >= 11 is 7.09. The van der Waals surface area contributed by atoms with Gasteiger partial charge in [0, 0.05) is 18.3 Å². The summed E-state index contributed by atoms with van der Waals surface area (Å²) in [6.07, 6.45) is 3.46. The second-order valence-electron chi connectivity index (χ2n) is 3.57. The molecule has 2 heterocycles. The fraction of sp³-hybridized carbons (Fsp3) is 0.556. The lowest BCUT2D eigenvalue weighted by molar-refractivity contribution is 0.393. The molecule has 0 N–H and O–H groups in total. The maximum atomic E-state index is 11.6.